The van der Waals surface area contributed by atoms with Gasteiger partial charge < -0.3 is 19.6 Å². The Labute approximate surface area is 220 Å². The van der Waals surface area contributed by atoms with Crippen molar-refractivity contribution in [2.24, 2.45) is 0 Å². The lowest BCUT2D eigenvalue weighted by molar-refractivity contribution is -0.192. The highest BCUT2D eigenvalue weighted by atomic mass is 35.5. The van der Waals surface area contributed by atoms with Crippen LogP contribution in [0.1, 0.15) is 27.4 Å². The van der Waals surface area contributed by atoms with Crippen LogP contribution in [-0.2, 0) is 21.2 Å². The molecule has 3 N–H and O–H groups in total. The summed E-state index contributed by atoms with van der Waals surface area (Å²) in [4.78, 5) is 22.5. The van der Waals surface area contributed by atoms with Crippen molar-refractivity contribution in [3.8, 4) is 0 Å². The molecule has 10 nitrogen and oxygen atoms in total. The number of rotatable bonds is 8. The number of hydrogen-bond donors (Lipinski definition) is 3. The quantitative estimate of drug-likeness (QED) is 0.344. The van der Waals surface area contributed by atoms with Gasteiger partial charge in [-0.05, 0) is 50.6 Å². The molecule has 0 saturated carbocycles. The molecule has 0 aliphatic rings. The average Bonchev–Trinajstić information content (AvgIpc) is 3.14. The van der Waals surface area contributed by atoms with Crippen LogP contribution < -0.4 is 9.62 Å². The van der Waals surface area contributed by atoms with Crippen LogP contribution >= 0.6 is 11.6 Å². The zero-order valence-electron chi connectivity index (χ0n) is 20.2. The molecule has 3 aromatic rings. The van der Waals surface area contributed by atoms with E-state index in [4.69, 9.17) is 26.0 Å². The van der Waals surface area contributed by atoms with Crippen molar-refractivity contribution < 1.29 is 45.9 Å². The Hall–Kier alpha value is -3.78. The molecule has 1 aromatic heterocycles. The number of aliphatic carboxylic acids is 1. The second kappa shape index (κ2) is 12.2. The Morgan fingerprint density at radius 3 is 2.24 bits per heavy atom. The molecule has 1 heterocycles. The van der Waals surface area contributed by atoms with E-state index in [0.29, 0.717) is 18.7 Å². The number of nitrogens with one attached hydrogen (secondary N) is 1. The normalized spacial score (nSPS) is 11.3. The Morgan fingerprint density at radius 2 is 1.74 bits per heavy atom. The molecular formula is C23H23ClF3N3O7S. The number of carboxylic acid groups (broad SMARTS) is 2. The third kappa shape index (κ3) is 7.86. The molecule has 0 amide bonds. The standard InChI is InChI=1S/C21H22ClN3O5S.C2HF3O2/c1-13-16(14(2)30-23-13)10-11-25(3)19-9-8-15(12-17(19)21(26)27)24-31(28,29)20-7-5-4-6-18(20)22;3-2(4,5)1(6)7/h4-9,12,24H,10-11H2,1-3H3,(H,26,27);(H,6,7). The maximum atomic E-state index is 12.7. The second-order valence-corrected chi connectivity index (χ2v) is 9.91. The lowest BCUT2D eigenvalue weighted by atomic mass is 10.1. The molecule has 0 bridgehead atoms. The molecule has 38 heavy (non-hydrogen) atoms. The smallest absolute Gasteiger partial charge is 0.478 e. The summed E-state index contributed by atoms with van der Waals surface area (Å²) >= 11 is 5.99. The van der Waals surface area contributed by atoms with Gasteiger partial charge in [-0.15, -0.1) is 0 Å². The number of likely N-dealkylation sites (N-methyl/N-ethyl adjacent to an activating group) is 1. The molecule has 0 atom stereocenters. The number of carbonyl (C=O) groups is 2. The molecule has 0 fully saturated rings. The van der Waals surface area contributed by atoms with E-state index in [1.807, 2.05) is 13.8 Å². The molecule has 0 aliphatic carbocycles. The van der Waals surface area contributed by atoms with E-state index in [2.05, 4.69) is 9.88 Å². The largest absolute Gasteiger partial charge is 0.490 e. The number of aromatic carboxylic acids is 1. The number of benzene rings is 2. The zero-order chi connectivity index (χ0) is 28.8. The summed E-state index contributed by atoms with van der Waals surface area (Å²) in [5, 5.41) is 20.8. The van der Waals surface area contributed by atoms with Gasteiger partial charge in [-0.2, -0.15) is 13.2 Å². The lowest BCUT2D eigenvalue weighted by Crippen LogP contribution is -2.23. The van der Waals surface area contributed by atoms with Gasteiger partial charge in [-0.1, -0.05) is 28.9 Å². The van der Waals surface area contributed by atoms with Crippen molar-refractivity contribution in [1.29, 1.82) is 0 Å². The minimum atomic E-state index is -5.08. The first-order valence-electron chi connectivity index (χ1n) is 10.6. The topological polar surface area (TPSA) is 150 Å². The van der Waals surface area contributed by atoms with Crippen LogP contribution in [0.4, 0.5) is 24.5 Å². The van der Waals surface area contributed by atoms with Crippen LogP contribution in [0.15, 0.2) is 51.9 Å². The van der Waals surface area contributed by atoms with Gasteiger partial charge in [-0.25, -0.2) is 18.0 Å². The summed E-state index contributed by atoms with van der Waals surface area (Å²) in [7, 11) is -2.20. The summed E-state index contributed by atoms with van der Waals surface area (Å²) in [6.45, 7) is 4.21. The molecular weight excluding hydrogens is 555 g/mol. The number of nitrogens with zero attached hydrogens (tertiary/aromatic N) is 2. The highest BCUT2D eigenvalue weighted by Crippen LogP contribution is 2.28. The summed E-state index contributed by atoms with van der Waals surface area (Å²) in [6, 6.07) is 10.4. The molecule has 0 spiro atoms. The van der Waals surface area contributed by atoms with Crippen molar-refractivity contribution in [1.82, 2.24) is 5.16 Å². The van der Waals surface area contributed by atoms with E-state index >= 15 is 0 Å². The number of aromatic nitrogens is 1. The Balaban J connectivity index is 0.000000638. The van der Waals surface area contributed by atoms with E-state index in [1.165, 1.54) is 24.3 Å². The summed E-state index contributed by atoms with van der Waals surface area (Å²) in [5.41, 5.74) is 2.34. The predicted molar refractivity (Wildman–Crippen MR) is 132 cm³/mol. The van der Waals surface area contributed by atoms with Gasteiger partial charge in [0.05, 0.1) is 22.0 Å². The molecule has 0 radical (unpaired) electrons. The average molecular weight is 578 g/mol. The summed E-state index contributed by atoms with van der Waals surface area (Å²) < 4.78 is 64.6. The van der Waals surface area contributed by atoms with Crippen molar-refractivity contribution >= 4 is 44.9 Å². The maximum absolute atomic E-state index is 12.7. The SMILES string of the molecule is Cc1noc(C)c1CCN(C)c1ccc(NS(=O)(=O)c2ccccc2Cl)cc1C(=O)O.O=C(O)C(F)(F)F. The summed E-state index contributed by atoms with van der Waals surface area (Å²) in [5.74, 6) is -3.20. The Kier molecular flexibility index (Phi) is 9.75. The third-order valence-electron chi connectivity index (χ3n) is 5.14. The molecule has 0 saturated heterocycles. The van der Waals surface area contributed by atoms with Crippen LogP contribution in [0.5, 0.6) is 0 Å². The number of anilines is 2. The highest BCUT2D eigenvalue weighted by Gasteiger charge is 2.38. The van der Waals surface area contributed by atoms with Gasteiger partial charge in [0.1, 0.15) is 10.7 Å². The first-order chi connectivity index (χ1) is 17.5. The zero-order valence-corrected chi connectivity index (χ0v) is 21.8. The van der Waals surface area contributed by atoms with Gasteiger partial charge >= 0.3 is 18.1 Å². The molecule has 0 unspecified atom stereocenters. The van der Waals surface area contributed by atoms with Gasteiger partial charge in [0, 0.05) is 24.8 Å². The maximum Gasteiger partial charge on any atom is 0.490 e. The number of halogens is 4. The van der Waals surface area contributed by atoms with E-state index in [9.17, 15) is 31.5 Å². The van der Waals surface area contributed by atoms with E-state index in [0.717, 1.165) is 17.0 Å². The van der Waals surface area contributed by atoms with Gasteiger partial charge in [0.2, 0.25) is 0 Å². The third-order valence-corrected chi connectivity index (χ3v) is 7.02. The van der Waals surface area contributed by atoms with Crippen LogP contribution in [0.2, 0.25) is 5.02 Å². The van der Waals surface area contributed by atoms with Gasteiger partial charge in [0.25, 0.3) is 10.0 Å². The molecule has 15 heteroatoms. The predicted octanol–water partition coefficient (Wildman–Crippen LogP) is 4.76. The summed E-state index contributed by atoms with van der Waals surface area (Å²) in [6.07, 6.45) is -4.46. The minimum absolute atomic E-state index is 0.0272. The molecule has 206 valence electrons. The van der Waals surface area contributed by atoms with Crippen molar-refractivity contribution in [2.45, 2.75) is 31.3 Å². The number of aryl methyl sites for hydroxylation is 2. The fraction of sp³-hybridized carbons (Fsp3) is 0.261. The molecule has 2 aromatic carbocycles. The first-order valence-corrected chi connectivity index (χ1v) is 12.5. The minimum Gasteiger partial charge on any atom is -0.478 e. The first kappa shape index (κ1) is 30.4. The molecule has 3 rings (SSSR count). The Bertz CT molecular complexity index is 1410. The Morgan fingerprint density at radius 1 is 1.13 bits per heavy atom. The fourth-order valence-electron chi connectivity index (χ4n) is 3.24. The highest BCUT2D eigenvalue weighted by molar-refractivity contribution is 7.92. The van der Waals surface area contributed by atoms with Crippen LogP contribution in [0, 0.1) is 13.8 Å². The van der Waals surface area contributed by atoms with Crippen LogP contribution in [0.25, 0.3) is 0 Å². The number of sulfonamides is 1. The van der Waals surface area contributed by atoms with Gasteiger partial charge in [0.15, 0.2) is 0 Å². The van der Waals surface area contributed by atoms with Crippen molar-refractivity contribution in [2.75, 3.05) is 23.2 Å². The van der Waals surface area contributed by atoms with Gasteiger partial charge in [-0.3, -0.25) is 4.72 Å². The monoisotopic (exact) mass is 577 g/mol. The number of hydrogen-bond acceptors (Lipinski definition) is 7. The van der Waals surface area contributed by atoms with Crippen LogP contribution in [-0.4, -0.2) is 55.5 Å². The van der Waals surface area contributed by atoms with E-state index < -0.39 is 28.1 Å². The lowest BCUT2D eigenvalue weighted by Gasteiger charge is -2.22. The van der Waals surface area contributed by atoms with E-state index in [1.54, 1.807) is 30.1 Å². The van der Waals surface area contributed by atoms with Crippen molar-refractivity contribution in [3.05, 3.63) is 70.1 Å². The number of alkyl halides is 3. The second-order valence-electron chi connectivity index (χ2n) is 7.85. The molecule has 0 aliphatic heterocycles. The number of carboxylic acids is 2. The fourth-order valence-corrected chi connectivity index (χ4v) is 4.81. The van der Waals surface area contributed by atoms with E-state index in [-0.39, 0.29) is 21.2 Å². The van der Waals surface area contributed by atoms with Crippen LogP contribution in [0.3, 0.4) is 0 Å². The van der Waals surface area contributed by atoms with Crippen molar-refractivity contribution in [3.63, 3.8) is 0 Å².